The van der Waals surface area contributed by atoms with Crippen LogP contribution in [0.4, 0.5) is 15.9 Å². The van der Waals surface area contributed by atoms with Crippen LogP contribution in [0.15, 0.2) is 59.9 Å². The lowest BCUT2D eigenvalue weighted by atomic mass is 9.77. The molecule has 0 amide bonds. The zero-order chi connectivity index (χ0) is 27.5. The predicted molar refractivity (Wildman–Crippen MR) is 149 cm³/mol. The Labute approximate surface area is 236 Å². The van der Waals surface area contributed by atoms with Gasteiger partial charge in [0.25, 0.3) is 10.0 Å². The largest absolute Gasteiger partial charge is 0.379 e. The fourth-order valence-corrected chi connectivity index (χ4v) is 8.22. The summed E-state index contributed by atoms with van der Waals surface area (Å²) in [5, 5.41) is 3.43. The van der Waals surface area contributed by atoms with Crippen LogP contribution in [0.1, 0.15) is 24.0 Å². The summed E-state index contributed by atoms with van der Waals surface area (Å²) in [4.78, 5) is 9.08. The summed E-state index contributed by atoms with van der Waals surface area (Å²) in [5.74, 6) is -0.949. The molecule has 7 nitrogen and oxygen atoms in total. The third-order valence-corrected chi connectivity index (χ3v) is 10.6. The number of hydrogen-bond acceptors (Lipinski definition) is 6. The number of nitrogens with zero attached hydrogens (tertiary/aromatic N) is 3. The van der Waals surface area contributed by atoms with E-state index in [2.05, 4.69) is 37.0 Å². The summed E-state index contributed by atoms with van der Waals surface area (Å²) in [6.07, 6.45) is 3.87. The fraction of sp³-hybridized carbons (Fsp3) is 0.385. The molecule has 2 saturated carbocycles. The Morgan fingerprint density at radius 2 is 1.92 bits per heavy atom. The van der Waals surface area contributed by atoms with E-state index >= 15 is 4.39 Å². The number of alkyl halides is 2. The Morgan fingerprint density at radius 3 is 2.58 bits per heavy atom. The fourth-order valence-electron chi connectivity index (χ4n) is 5.76. The Balaban J connectivity index is 1.42. The maximum Gasteiger partial charge on any atom is 0.266 e. The van der Waals surface area contributed by atoms with Crippen LogP contribution in [0.25, 0.3) is 0 Å². The van der Waals surface area contributed by atoms with Crippen molar-refractivity contribution in [2.24, 2.45) is 5.92 Å². The smallest absolute Gasteiger partial charge is 0.266 e. The molecule has 0 bridgehead atoms. The van der Waals surface area contributed by atoms with Gasteiger partial charge in [-0.3, -0.25) is 4.72 Å². The van der Waals surface area contributed by atoms with Crippen LogP contribution >= 0.6 is 34.8 Å². The summed E-state index contributed by atoms with van der Waals surface area (Å²) >= 11 is 20.4. The van der Waals surface area contributed by atoms with Crippen molar-refractivity contribution in [1.82, 2.24) is 14.9 Å². The molecular formula is C26H27Cl3FN5O2S. The maximum atomic E-state index is 15.2. The molecule has 3 aromatic rings. The molecule has 5 rings (SSSR count). The van der Waals surface area contributed by atoms with E-state index in [4.69, 9.17) is 34.8 Å². The number of hydrogen-bond donors (Lipinski definition) is 2. The first kappa shape index (κ1) is 27.4. The number of sulfonamides is 1. The average Bonchev–Trinajstić information content (AvgIpc) is 3.35. The molecule has 4 atom stereocenters. The van der Waals surface area contributed by atoms with Gasteiger partial charge >= 0.3 is 0 Å². The minimum Gasteiger partial charge on any atom is -0.379 e. The highest BCUT2D eigenvalue weighted by molar-refractivity contribution is 7.92. The van der Waals surface area contributed by atoms with Gasteiger partial charge in [0.1, 0.15) is 27.2 Å². The topological polar surface area (TPSA) is 87.2 Å². The van der Waals surface area contributed by atoms with Crippen LogP contribution in [0.2, 0.25) is 5.02 Å². The molecule has 2 fully saturated rings. The van der Waals surface area contributed by atoms with E-state index in [1.54, 1.807) is 0 Å². The van der Waals surface area contributed by atoms with Crippen LogP contribution in [0.5, 0.6) is 0 Å². The number of benzene rings is 2. The number of rotatable bonds is 7. The van der Waals surface area contributed by atoms with Gasteiger partial charge in [0.2, 0.25) is 0 Å². The first-order chi connectivity index (χ1) is 17.9. The van der Waals surface area contributed by atoms with Crippen LogP contribution in [-0.2, 0) is 15.4 Å². The predicted octanol–water partition coefficient (Wildman–Crippen LogP) is 5.62. The molecule has 0 radical (unpaired) electrons. The van der Waals surface area contributed by atoms with E-state index in [0.29, 0.717) is 18.5 Å². The normalized spacial score (nSPS) is 26.1. The van der Waals surface area contributed by atoms with Crippen LogP contribution < -0.4 is 10.0 Å². The number of aryl methyl sites for hydroxylation is 1. The molecule has 38 heavy (non-hydrogen) atoms. The first-order valence-corrected chi connectivity index (χ1v) is 14.6. The van der Waals surface area contributed by atoms with E-state index in [1.165, 1.54) is 18.6 Å². The number of fused-ring (bicyclic) bond motifs is 1. The molecule has 0 spiro atoms. The van der Waals surface area contributed by atoms with Gasteiger partial charge in [0.15, 0.2) is 0 Å². The van der Waals surface area contributed by atoms with Crippen molar-refractivity contribution in [3.63, 3.8) is 0 Å². The van der Waals surface area contributed by atoms with Crippen LogP contribution in [0.3, 0.4) is 0 Å². The lowest BCUT2D eigenvalue weighted by Crippen LogP contribution is -2.49. The molecule has 202 valence electrons. The van der Waals surface area contributed by atoms with E-state index in [9.17, 15) is 8.42 Å². The zero-order valence-corrected chi connectivity index (χ0v) is 24.0. The summed E-state index contributed by atoms with van der Waals surface area (Å²) in [7, 11) is -0.313. The van der Waals surface area contributed by atoms with Gasteiger partial charge in [-0.15, -0.1) is 23.2 Å². The second-order valence-electron chi connectivity index (χ2n) is 10.2. The Morgan fingerprint density at radius 1 is 1.16 bits per heavy atom. The van der Waals surface area contributed by atoms with E-state index in [0.717, 1.165) is 23.3 Å². The van der Waals surface area contributed by atoms with Crippen molar-refractivity contribution in [2.45, 2.75) is 46.5 Å². The van der Waals surface area contributed by atoms with Gasteiger partial charge in [0, 0.05) is 29.6 Å². The molecule has 2 aromatic carbocycles. The Hall–Kier alpha value is -2.17. The average molecular weight is 599 g/mol. The van der Waals surface area contributed by atoms with Crippen molar-refractivity contribution < 1.29 is 12.8 Å². The molecule has 2 N–H and O–H groups in total. The minimum atomic E-state index is -4.27. The van der Waals surface area contributed by atoms with Gasteiger partial charge in [0.05, 0.1) is 10.7 Å². The number of nitrogens with one attached hydrogen (secondary N) is 2. The molecule has 2 aliphatic rings. The molecule has 1 heterocycles. The highest BCUT2D eigenvalue weighted by atomic mass is 35.5. The highest BCUT2D eigenvalue weighted by Gasteiger charge is 2.78. The maximum absolute atomic E-state index is 15.2. The molecule has 12 heteroatoms. The summed E-state index contributed by atoms with van der Waals surface area (Å²) in [5.41, 5.74) is 2.16. The van der Waals surface area contributed by atoms with Crippen molar-refractivity contribution in [3.8, 4) is 0 Å². The van der Waals surface area contributed by atoms with Gasteiger partial charge in [-0.2, -0.15) is 0 Å². The van der Waals surface area contributed by atoms with Crippen LogP contribution in [-0.4, -0.2) is 53.8 Å². The van der Waals surface area contributed by atoms with Crippen LogP contribution in [0, 0.1) is 18.7 Å². The SMILES string of the molecule is Cc1cccc([C@]23C[C@H](N(C)C)[C@@H](Nc4cc(F)c(S(=O)(=O)Nc5ccncn5)cc4Cl)C[C@H]2C3(Cl)Cl)c1. The number of halogens is 4. The van der Waals surface area contributed by atoms with Gasteiger partial charge in [-0.1, -0.05) is 41.4 Å². The van der Waals surface area contributed by atoms with Crippen molar-refractivity contribution in [3.05, 3.63) is 77.0 Å². The number of likely N-dealkylation sites (N-methyl/N-ethyl adjacent to an activating group) is 1. The zero-order valence-electron chi connectivity index (χ0n) is 20.9. The van der Waals surface area contributed by atoms with E-state index in [-0.39, 0.29) is 28.8 Å². The van der Waals surface area contributed by atoms with Crippen molar-refractivity contribution in [1.29, 1.82) is 0 Å². The lowest BCUT2D eigenvalue weighted by molar-refractivity contribution is 0.191. The number of aromatic nitrogens is 2. The van der Waals surface area contributed by atoms with Gasteiger partial charge in [-0.25, -0.2) is 22.8 Å². The van der Waals surface area contributed by atoms with E-state index < -0.39 is 30.5 Å². The van der Waals surface area contributed by atoms with Crippen molar-refractivity contribution in [2.75, 3.05) is 24.1 Å². The molecule has 0 unspecified atom stereocenters. The van der Waals surface area contributed by atoms with E-state index in [1.807, 2.05) is 33.2 Å². The number of anilines is 2. The molecule has 0 aliphatic heterocycles. The molecule has 0 saturated heterocycles. The van der Waals surface area contributed by atoms with Crippen molar-refractivity contribution >= 4 is 56.3 Å². The first-order valence-electron chi connectivity index (χ1n) is 12.0. The van der Waals surface area contributed by atoms with Gasteiger partial charge in [-0.05, 0) is 57.6 Å². The third-order valence-electron chi connectivity index (χ3n) is 7.70. The summed E-state index contributed by atoms with van der Waals surface area (Å²) in [6, 6.07) is 11.7. The minimum absolute atomic E-state index is 0.00638. The lowest BCUT2D eigenvalue weighted by Gasteiger charge is -2.40. The summed E-state index contributed by atoms with van der Waals surface area (Å²) < 4.78 is 42.1. The quantitative estimate of drug-likeness (QED) is 0.343. The third kappa shape index (κ3) is 4.62. The Kier molecular flexibility index (Phi) is 7.05. The summed E-state index contributed by atoms with van der Waals surface area (Å²) in [6.45, 7) is 2.04. The van der Waals surface area contributed by atoms with Gasteiger partial charge < -0.3 is 10.2 Å². The highest BCUT2D eigenvalue weighted by Crippen LogP contribution is 2.75. The second-order valence-corrected chi connectivity index (χ2v) is 13.6. The molecule has 1 aromatic heterocycles. The standard InChI is InChI=1S/C26H27Cl3FN5O2S/c1-15-5-4-6-16(9-15)25-13-21(35(2)3)20(12-23(25)26(25,28)29)33-19-11-18(30)22(10-17(19)27)38(36,37)34-24-7-8-31-14-32-24/h4-11,14,20-21,23,33H,12-13H2,1-3H3,(H,31,32,34)/t20-,21-,23+,25+/m0/s1. The molecular weight excluding hydrogens is 572 g/mol. The monoisotopic (exact) mass is 597 g/mol. The second kappa shape index (κ2) is 9.78. The Bertz CT molecular complexity index is 1470. The molecule has 2 aliphatic carbocycles.